The summed E-state index contributed by atoms with van der Waals surface area (Å²) in [5, 5.41) is 3.12. The molecule has 150 valence electrons. The SMILES string of the molecule is COC(=O)c1cccc(NC(=O)c2sc(-c3ccc(C(F)(F)F)cc3)nc2C)c1. The first-order valence-electron chi connectivity index (χ1n) is 8.34. The van der Waals surface area contributed by atoms with Gasteiger partial charge in [0.1, 0.15) is 9.88 Å². The molecule has 0 saturated heterocycles. The van der Waals surface area contributed by atoms with Crippen LogP contribution in [0.4, 0.5) is 18.9 Å². The molecule has 9 heteroatoms. The van der Waals surface area contributed by atoms with E-state index >= 15 is 0 Å². The largest absolute Gasteiger partial charge is 0.465 e. The molecule has 3 rings (SSSR count). The van der Waals surface area contributed by atoms with Crippen molar-refractivity contribution in [3.05, 3.63) is 70.2 Å². The minimum Gasteiger partial charge on any atom is -0.465 e. The molecule has 0 atom stereocenters. The van der Waals surface area contributed by atoms with Gasteiger partial charge in [0.05, 0.1) is 23.9 Å². The lowest BCUT2D eigenvalue weighted by Crippen LogP contribution is -2.12. The molecule has 0 aliphatic carbocycles. The predicted octanol–water partition coefficient (Wildman–Crippen LogP) is 5.18. The zero-order valence-electron chi connectivity index (χ0n) is 15.3. The maximum Gasteiger partial charge on any atom is 0.416 e. The van der Waals surface area contributed by atoms with Crippen LogP contribution in [0, 0.1) is 6.92 Å². The maximum absolute atomic E-state index is 12.7. The van der Waals surface area contributed by atoms with Crippen LogP contribution < -0.4 is 5.32 Å². The molecule has 1 heterocycles. The van der Waals surface area contributed by atoms with Crippen LogP contribution in [0.2, 0.25) is 0 Å². The highest BCUT2D eigenvalue weighted by Gasteiger charge is 2.30. The summed E-state index contributed by atoms with van der Waals surface area (Å²) in [5.41, 5.74) is 0.876. The molecule has 1 N–H and O–H groups in total. The van der Waals surface area contributed by atoms with Gasteiger partial charge in [0.2, 0.25) is 0 Å². The maximum atomic E-state index is 12.7. The van der Waals surface area contributed by atoms with E-state index in [-0.39, 0.29) is 5.56 Å². The van der Waals surface area contributed by atoms with Crippen molar-refractivity contribution in [2.45, 2.75) is 13.1 Å². The fraction of sp³-hybridized carbons (Fsp3) is 0.150. The summed E-state index contributed by atoms with van der Waals surface area (Å²) in [6.45, 7) is 1.64. The highest BCUT2D eigenvalue weighted by Crippen LogP contribution is 2.33. The van der Waals surface area contributed by atoms with Gasteiger partial charge in [0, 0.05) is 11.3 Å². The Hall–Kier alpha value is -3.20. The van der Waals surface area contributed by atoms with Crippen molar-refractivity contribution >= 4 is 28.9 Å². The van der Waals surface area contributed by atoms with Gasteiger partial charge >= 0.3 is 12.1 Å². The molecular formula is C20H15F3N2O3S. The van der Waals surface area contributed by atoms with Crippen molar-refractivity contribution in [1.29, 1.82) is 0 Å². The summed E-state index contributed by atoms with van der Waals surface area (Å²) < 4.78 is 42.8. The molecule has 0 unspecified atom stereocenters. The Morgan fingerprint density at radius 3 is 2.41 bits per heavy atom. The average Bonchev–Trinajstić information content (AvgIpc) is 3.09. The Balaban J connectivity index is 1.81. The minimum absolute atomic E-state index is 0.289. The van der Waals surface area contributed by atoms with Gasteiger partial charge < -0.3 is 10.1 Å². The third-order valence-electron chi connectivity index (χ3n) is 4.00. The summed E-state index contributed by atoms with van der Waals surface area (Å²) in [6, 6.07) is 10.9. The number of methoxy groups -OCH3 is 1. The fourth-order valence-electron chi connectivity index (χ4n) is 2.56. The number of anilines is 1. The Morgan fingerprint density at radius 1 is 1.10 bits per heavy atom. The van der Waals surface area contributed by atoms with Crippen LogP contribution in [-0.4, -0.2) is 24.0 Å². The number of ether oxygens (including phenoxy) is 1. The third-order valence-corrected chi connectivity index (χ3v) is 5.21. The lowest BCUT2D eigenvalue weighted by molar-refractivity contribution is -0.137. The fourth-order valence-corrected chi connectivity index (χ4v) is 3.53. The number of carbonyl (C=O) groups is 2. The van der Waals surface area contributed by atoms with Crippen LogP contribution >= 0.6 is 11.3 Å². The average molecular weight is 420 g/mol. The molecule has 0 aliphatic rings. The van der Waals surface area contributed by atoms with Crippen LogP contribution in [0.15, 0.2) is 48.5 Å². The van der Waals surface area contributed by atoms with Gasteiger partial charge in [-0.3, -0.25) is 4.79 Å². The highest BCUT2D eigenvalue weighted by atomic mass is 32.1. The molecule has 0 spiro atoms. The van der Waals surface area contributed by atoms with E-state index in [0.29, 0.717) is 26.8 Å². The number of esters is 1. The normalized spacial score (nSPS) is 11.2. The van der Waals surface area contributed by atoms with Crippen LogP contribution in [0.25, 0.3) is 10.6 Å². The standard InChI is InChI=1S/C20H15F3N2O3S/c1-11-16(17(26)25-15-5-3-4-13(10-15)19(27)28-2)29-18(24-11)12-6-8-14(9-7-12)20(21,22)23/h3-10H,1-2H3,(H,25,26). The number of rotatable bonds is 4. The van der Waals surface area contributed by atoms with E-state index in [1.165, 1.54) is 25.3 Å². The second-order valence-corrected chi connectivity index (χ2v) is 7.03. The van der Waals surface area contributed by atoms with Gasteiger partial charge in [0.15, 0.2) is 0 Å². The molecule has 0 aliphatic heterocycles. The molecule has 5 nitrogen and oxygen atoms in total. The number of halogens is 3. The van der Waals surface area contributed by atoms with Crippen molar-refractivity contribution < 1.29 is 27.5 Å². The smallest absolute Gasteiger partial charge is 0.416 e. The summed E-state index contributed by atoms with van der Waals surface area (Å²) >= 11 is 1.07. The van der Waals surface area contributed by atoms with Crippen molar-refractivity contribution in [2.75, 3.05) is 12.4 Å². The third kappa shape index (κ3) is 4.62. The Morgan fingerprint density at radius 2 is 1.79 bits per heavy atom. The first-order chi connectivity index (χ1) is 13.7. The van der Waals surface area contributed by atoms with E-state index in [1.54, 1.807) is 25.1 Å². The molecule has 1 aromatic heterocycles. The second-order valence-electron chi connectivity index (χ2n) is 6.04. The number of amides is 1. The van der Waals surface area contributed by atoms with Crippen molar-refractivity contribution in [3.63, 3.8) is 0 Å². The molecule has 0 radical (unpaired) electrons. The van der Waals surface area contributed by atoms with E-state index in [1.807, 2.05) is 0 Å². The molecule has 0 saturated carbocycles. The lowest BCUT2D eigenvalue weighted by atomic mass is 10.1. The lowest BCUT2D eigenvalue weighted by Gasteiger charge is -2.06. The zero-order chi connectivity index (χ0) is 21.2. The number of benzene rings is 2. The number of aryl methyl sites for hydroxylation is 1. The Labute approximate surface area is 168 Å². The quantitative estimate of drug-likeness (QED) is 0.591. The number of hydrogen-bond acceptors (Lipinski definition) is 5. The minimum atomic E-state index is -4.42. The van der Waals surface area contributed by atoms with Gasteiger partial charge in [-0.05, 0) is 37.3 Å². The van der Waals surface area contributed by atoms with Crippen molar-refractivity contribution in [2.24, 2.45) is 0 Å². The van der Waals surface area contributed by atoms with Crippen LogP contribution in [-0.2, 0) is 10.9 Å². The van der Waals surface area contributed by atoms with Gasteiger partial charge in [-0.25, -0.2) is 9.78 Å². The summed E-state index contributed by atoms with van der Waals surface area (Å²) in [5.74, 6) is -0.958. The monoisotopic (exact) mass is 420 g/mol. The molecule has 1 amide bonds. The zero-order valence-corrected chi connectivity index (χ0v) is 16.1. The number of nitrogens with one attached hydrogen (secondary N) is 1. The topological polar surface area (TPSA) is 68.3 Å². The number of thiazole rings is 1. The van der Waals surface area contributed by atoms with Gasteiger partial charge in [0.25, 0.3) is 5.91 Å². The second kappa shape index (κ2) is 8.04. The number of alkyl halides is 3. The molecule has 29 heavy (non-hydrogen) atoms. The molecule has 3 aromatic rings. The van der Waals surface area contributed by atoms with Gasteiger partial charge in [-0.2, -0.15) is 13.2 Å². The number of carbonyl (C=O) groups excluding carboxylic acids is 2. The van der Waals surface area contributed by atoms with E-state index in [9.17, 15) is 22.8 Å². The Bertz CT molecular complexity index is 1060. The van der Waals surface area contributed by atoms with Crippen molar-refractivity contribution in [1.82, 2.24) is 4.98 Å². The van der Waals surface area contributed by atoms with Crippen molar-refractivity contribution in [3.8, 4) is 10.6 Å². The highest BCUT2D eigenvalue weighted by molar-refractivity contribution is 7.17. The number of hydrogen-bond donors (Lipinski definition) is 1. The van der Waals surface area contributed by atoms with Crippen LogP contribution in [0.1, 0.15) is 31.3 Å². The van der Waals surface area contributed by atoms with Gasteiger partial charge in [-0.15, -0.1) is 11.3 Å². The molecule has 0 fully saturated rings. The van der Waals surface area contributed by atoms with Crippen LogP contribution in [0.5, 0.6) is 0 Å². The van der Waals surface area contributed by atoms with E-state index in [0.717, 1.165) is 23.5 Å². The Kier molecular flexibility index (Phi) is 5.69. The summed E-state index contributed by atoms with van der Waals surface area (Å²) in [6.07, 6.45) is -4.42. The number of aromatic nitrogens is 1. The van der Waals surface area contributed by atoms with Gasteiger partial charge in [-0.1, -0.05) is 18.2 Å². The molecule has 0 bridgehead atoms. The molecule has 2 aromatic carbocycles. The summed E-state index contributed by atoms with van der Waals surface area (Å²) in [4.78, 5) is 28.8. The first-order valence-corrected chi connectivity index (χ1v) is 9.15. The van der Waals surface area contributed by atoms with E-state index in [2.05, 4.69) is 15.0 Å². The first kappa shape index (κ1) is 20.5. The predicted molar refractivity (Wildman–Crippen MR) is 103 cm³/mol. The van der Waals surface area contributed by atoms with E-state index in [4.69, 9.17) is 0 Å². The molecular weight excluding hydrogens is 405 g/mol. The van der Waals surface area contributed by atoms with E-state index < -0.39 is 23.6 Å². The number of nitrogens with zero attached hydrogens (tertiary/aromatic N) is 1. The van der Waals surface area contributed by atoms with Crippen LogP contribution in [0.3, 0.4) is 0 Å². The summed E-state index contributed by atoms with van der Waals surface area (Å²) in [7, 11) is 1.26.